The molecule has 0 fully saturated rings. The number of ether oxygens (including phenoxy) is 1. The summed E-state index contributed by atoms with van der Waals surface area (Å²) in [6.07, 6.45) is 6.39. The molecule has 0 saturated heterocycles. The molecule has 0 spiro atoms. The number of quaternary nitrogens is 1. The highest BCUT2D eigenvalue weighted by Crippen LogP contribution is 2.12. The van der Waals surface area contributed by atoms with E-state index in [1.165, 1.54) is 25.7 Å². The van der Waals surface area contributed by atoms with Crippen molar-refractivity contribution in [3.8, 4) is 0 Å². The highest BCUT2D eigenvalue weighted by atomic mass is 16.5. The first-order valence-corrected chi connectivity index (χ1v) is 8.79. The number of likely N-dealkylation sites (N-methyl/N-ethyl adjacent to an activating group) is 1. The minimum atomic E-state index is -3.54. The van der Waals surface area contributed by atoms with Gasteiger partial charge in [0.05, 0.1) is 39.7 Å². The van der Waals surface area contributed by atoms with Crippen LogP contribution in [0.3, 0.4) is 0 Å². The number of carboxylic acids is 1. The summed E-state index contributed by atoms with van der Waals surface area (Å²) in [7, 11) is 0. The number of hydrogen-bond acceptors (Lipinski definition) is 3. The Bertz CT molecular complexity index is 568. The van der Waals surface area contributed by atoms with Crippen molar-refractivity contribution in [2.75, 3.05) is 27.5 Å². The molecular formula is C19H38NO4+. The lowest BCUT2D eigenvalue weighted by molar-refractivity contribution is -0.873. The van der Waals surface area contributed by atoms with Gasteiger partial charge in [-0.15, -0.1) is 0 Å². The number of esters is 1. The number of aliphatic carboxylic acids is 1. The Morgan fingerprint density at radius 3 is 2.04 bits per heavy atom. The average molecular weight is 354 g/mol. The monoisotopic (exact) mass is 353 g/mol. The number of rotatable bonds is 15. The van der Waals surface area contributed by atoms with Crippen LogP contribution in [0.1, 0.15) is 89.9 Å². The average Bonchev–Trinajstić information content (AvgIpc) is 2.61. The van der Waals surface area contributed by atoms with Gasteiger partial charge in [0, 0.05) is 6.42 Å². The van der Waals surface area contributed by atoms with Gasteiger partial charge in [0.15, 0.2) is 6.10 Å². The van der Waals surface area contributed by atoms with E-state index in [1.807, 2.05) is 0 Å². The lowest BCUT2D eigenvalue weighted by Gasteiger charge is -2.28. The minimum absolute atomic E-state index is 0.0543. The van der Waals surface area contributed by atoms with E-state index in [0.717, 1.165) is 25.7 Å². The topological polar surface area (TPSA) is 63.6 Å². The van der Waals surface area contributed by atoms with Crippen molar-refractivity contribution >= 4 is 11.9 Å². The third kappa shape index (κ3) is 15.8. The number of hydrogen-bond donors (Lipinski definition) is 1. The van der Waals surface area contributed by atoms with Crippen LogP contribution in [0.5, 0.6) is 0 Å². The molecule has 0 radical (unpaired) electrons. The second-order valence-electron chi connectivity index (χ2n) is 6.28. The van der Waals surface area contributed by atoms with Gasteiger partial charge in [0.1, 0.15) is 6.54 Å². The highest BCUT2D eigenvalue weighted by Gasteiger charge is 2.24. The summed E-state index contributed by atoms with van der Waals surface area (Å²) < 4.78 is 71.4. The predicted octanol–water partition coefficient (Wildman–Crippen LogP) is 4.00. The smallest absolute Gasteiger partial charge is 0.307 e. The largest absolute Gasteiger partial charge is 0.481 e. The van der Waals surface area contributed by atoms with Gasteiger partial charge < -0.3 is 14.3 Å². The Morgan fingerprint density at radius 2 is 1.54 bits per heavy atom. The van der Waals surface area contributed by atoms with Crippen LogP contribution in [-0.4, -0.2) is 55.1 Å². The summed E-state index contributed by atoms with van der Waals surface area (Å²) >= 11 is 0. The predicted molar refractivity (Wildman–Crippen MR) is 96.9 cm³/mol. The molecule has 0 aliphatic rings. The molecule has 0 aromatic carbocycles. The lowest BCUT2D eigenvalue weighted by atomic mass is 10.1. The summed E-state index contributed by atoms with van der Waals surface area (Å²) in [5.41, 5.74) is 0. The van der Waals surface area contributed by atoms with E-state index in [4.69, 9.17) is 22.2 Å². The van der Waals surface area contributed by atoms with Gasteiger partial charge in [-0.2, -0.15) is 0 Å². The Balaban J connectivity index is 5.12. The molecule has 0 bridgehead atoms. The van der Waals surface area contributed by atoms with E-state index in [-0.39, 0.29) is 6.42 Å². The molecule has 0 aromatic rings. The fourth-order valence-corrected chi connectivity index (χ4v) is 2.47. The van der Waals surface area contributed by atoms with Gasteiger partial charge in [-0.1, -0.05) is 58.3 Å². The Hall–Kier alpha value is -1.10. The SMILES string of the molecule is [2H]C([2H])([2H])[N+](C[C@H](CC(=O)O)OC(=O)CCCCCCCCCCC)(C([2H])([2H])[2H])C([2H])([2H])[2H]. The number of carboxylic acid groups (broad SMARTS) is 1. The second-order valence-corrected chi connectivity index (χ2v) is 6.28. The van der Waals surface area contributed by atoms with Crippen molar-refractivity contribution in [2.45, 2.75) is 83.7 Å². The van der Waals surface area contributed by atoms with Gasteiger partial charge >= 0.3 is 11.9 Å². The van der Waals surface area contributed by atoms with Crippen LogP contribution in [0.2, 0.25) is 0 Å². The molecule has 1 atom stereocenters. The molecule has 1 N–H and O–H groups in total. The third-order valence-electron chi connectivity index (χ3n) is 3.66. The normalized spacial score (nSPS) is 20.0. The number of unbranched alkanes of at least 4 members (excludes halogenated alkanes) is 8. The van der Waals surface area contributed by atoms with Crippen molar-refractivity contribution in [1.82, 2.24) is 0 Å². The van der Waals surface area contributed by atoms with Crippen LogP contribution >= 0.6 is 0 Å². The zero-order valence-electron chi connectivity index (χ0n) is 23.7. The standard InChI is InChI=1S/C19H37NO4/c1-5-6-7-8-9-10-11-12-13-14-19(23)24-17(15-18(21)22)16-20(2,3)4/h17H,5-16H2,1-4H3/p+1/t17-/m0/s1/i2D3,3D3,4D3. The molecule has 0 aliphatic carbocycles. The first-order chi connectivity index (χ1) is 15.0. The summed E-state index contributed by atoms with van der Waals surface area (Å²) in [5, 5.41) is 9.13. The molecule has 0 rings (SSSR count). The van der Waals surface area contributed by atoms with Crippen molar-refractivity contribution < 1.29 is 36.3 Å². The van der Waals surface area contributed by atoms with Crippen LogP contribution in [0.4, 0.5) is 0 Å². The Morgan fingerprint density at radius 1 is 1.00 bits per heavy atom. The molecule has 0 aromatic heterocycles. The van der Waals surface area contributed by atoms with Crippen molar-refractivity contribution in [3.63, 3.8) is 0 Å². The molecule has 0 aliphatic heterocycles. The van der Waals surface area contributed by atoms with Crippen molar-refractivity contribution in [3.05, 3.63) is 0 Å². The van der Waals surface area contributed by atoms with Crippen molar-refractivity contribution in [2.24, 2.45) is 0 Å². The van der Waals surface area contributed by atoms with Crippen LogP contribution in [0.25, 0.3) is 0 Å². The molecule has 0 amide bonds. The molecule has 0 saturated carbocycles. The zero-order valence-corrected chi connectivity index (χ0v) is 14.7. The van der Waals surface area contributed by atoms with E-state index in [2.05, 4.69) is 6.92 Å². The zero-order chi connectivity index (χ0) is 25.9. The third-order valence-corrected chi connectivity index (χ3v) is 3.66. The van der Waals surface area contributed by atoms with Gasteiger partial charge in [-0.25, -0.2) is 0 Å². The molecular weight excluding hydrogens is 306 g/mol. The molecule has 142 valence electrons. The first kappa shape index (κ1) is 11.5. The Labute approximate surface area is 160 Å². The molecule has 0 heterocycles. The fraction of sp³-hybridized carbons (Fsp3) is 0.895. The fourth-order valence-electron chi connectivity index (χ4n) is 2.47. The van der Waals surface area contributed by atoms with Crippen LogP contribution in [0.15, 0.2) is 0 Å². The van der Waals surface area contributed by atoms with E-state index in [0.29, 0.717) is 6.42 Å². The number of carbonyl (C=O) groups excluding carboxylic acids is 1. The van der Waals surface area contributed by atoms with E-state index < -0.39 is 56.4 Å². The summed E-state index contributed by atoms with van der Waals surface area (Å²) in [5.74, 6) is -2.29. The van der Waals surface area contributed by atoms with Gasteiger partial charge in [-0.05, 0) is 6.42 Å². The van der Waals surface area contributed by atoms with Crippen LogP contribution in [0, 0.1) is 0 Å². The molecule has 24 heavy (non-hydrogen) atoms. The minimum Gasteiger partial charge on any atom is -0.481 e. The molecule has 0 unspecified atom stereocenters. The quantitative estimate of drug-likeness (QED) is 0.274. The first-order valence-electron chi connectivity index (χ1n) is 13.3. The Kier molecular flexibility index (Phi) is 6.34. The lowest BCUT2D eigenvalue weighted by Crippen LogP contribution is -2.43. The number of nitrogens with zero attached hydrogens (tertiary/aromatic N) is 1. The van der Waals surface area contributed by atoms with Gasteiger partial charge in [0.2, 0.25) is 0 Å². The second kappa shape index (κ2) is 13.2. The maximum absolute atomic E-state index is 12.2. The summed E-state index contributed by atoms with van der Waals surface area (Å²) in [6.45, 7) is -9.70. The maximum Gasteiger partial charge on any atom is 0.307 e. The van der Waals surface area contributed by atoms with Gasteiger partial charge in [-0.3, -0.25) is 9.59 Å². The molecule has 5 nitrogen and oxygen atoms in total. The molecule has 5 heteroatoms. The summed E-state index contributed by atoms with van der Waals surface area (Å²) in [6, 6.07) is 0. The van der Waals surface area contributed by atoms with E-state index >= 15 is 0 Å². The van der Waals surface area contributed by atoms with E-state index in [9.17, 15) is 9.59 Å². The van der Waals surface area contributed by atoms with Crippen molar-refractivity contribution in [1.29, 1.82) is 0 Å². The summed E-state index contributed by atoms with van der Waals surface area (Å²) in [4.78, 5) is 23.5. The number of carbonyl (C=O) groups is 2. The van der Waals surface area contributed by atoms with E-state index in [1.54, 1.807) is 0 Å². The van der Waals surface area contributed by atoms with Crippen LogP contribution < -0.4 is 0 Å². The maximum atomic E-state index is 12.2. The van der Waals surface area contributed by atoms with Crippen LogP contribution in [-0.2, 0) is 14.3 Å². The van der Waals surface area contributed by atoms with Gasteiger partial charge in [0.25, 0.3) is 0 Å². The highest BCUT2D eigenvalue weighted by molar-refractivity contribution is 5.71.